The summed E-state index contributed by atoms with van der Waals surface area (Å²) in [5.41, 5.74) is 6.43. The summed E-state index contributed by atoms with van der Waals surface area (Å²) < 4.78 is 24.0. The van der Waals surface area contributed by atoms with Crippen molar-refractivity contribution < 1.29 is 39.1 Å². The van der Waals surface area contributed by atoms with Crippen LogP contribution in [0.3, 0.4) is 0 Å². The molecule has 11 heteroatoms. The Morgan fingerprint density at radius 3 is 2.16 bits per heavy atom. The number of sulfonamides is 1. The van der Waals surface area contributed by atoms with Gasteiger partial charge < -0.3 is 20.6 Å². The van der Waals surface area contributed by atoms with Crippen molar-refractivity contribution in [1.82, 2.24) is 4.72 Å². The van der Waals surface area contributed by atoms with Crippen LogP contribution < -0.4 is 4.72 Å². The van der Waals surface area contributed by atoms with E-state index >= 15 is 0 Å². The van der Waals surface area contributed by atoms with Crippen molar-refractivity contribution in [3.05, 3.63) is 27.5 Å². The van der Waals surface area contributed by atoms with Gasteiger partial charge in [0.1, 0.15) is 4.21 Å². The number of nitrogens with one attached hydrogen (secondary N) is 2. The molecule has 0 aliphatic heterocycles. The molecule has 1 heterocycles. The Morgan fingerprint density at radius 1 is 1.42 bits per heavy atom. The molecule has 1 aromatic heterocycles. The number of halogens is 1. The zero-order valence-corrected chi connectivity index (χ0v) is 15.2. The number of amides is 3. The molecule has 0 atom stereocenters. The molecule has 0 unspecified atom stereocenters. The molecule has 19 heavy (non-hydrogen) atoms. The number of hydrogen-bond acceptors (Lipinski definition) is 5. The van der Waals surface area contributed by atoms with Crippen LogP contribution in [-0.4, -0.2) is 27.4 Å². The van der Waals surface area contributed by atoms with Crippen LogP contribution in [0.5, 0.6) is 0 Å². The van der Waals surface area contributed by atoms with Gasteiger partial charge in [-0.05, 0) is 19.1 Å². The molecule has 0 radical (unpaired) electrons. The van der Waals surface area contributed by atoms with Crippen LogP contribution in [0.2, 0.25) is 4.34 Å². The number of carbonyl (C=O) groups is 2. The van der Waals surface area contributed by atoms with Crippen LogP contribution in [0.1, 0.15) is 6.92 Å². The second-order valence-corrected chi connectivity index (χ2v) is 6.36. The van der Waals surface area contributed by atoms with Gasteiger partial charge >= 0.3 is 21.1 Å². The Hall–Kier alpha value is -0.632. The molecule has 0 aliphatic rings. The summed E-state index contributed by atoms with van der Waals surface area (Å²) in [6.45, 7) is 1.42. The van der Waals surface area contributed by atoms with Crippen molar-refractivity contribution in [3.63, 3.8) is 0 Å². The van der Waals surface area contributed by atoms with E-state index in [1.165, 1.54) is 30.8 Å². The van der Waals surface area contributed by atoms with Gasteiger partial charge in [0.2, 0.25) is 10.0 Å². The zero-order chi connectivity index (χ0) is 14.3. The van der Waals surface area contributed by atoms with Crippen LogP contribution in [0, 0.1) is 0 Å². The average Bonchev–Trinajstić information content (AvgIpc) is 2.64. The van der Waals surface area contributed by atoms with Crippen molar-refractivity contribution in [1.29, 1.82) is 0 Å². The molecule has 2 N–H and O–H groups in total. The molecule has 0 spiro atoms. The van der Waals surface area contributed by atoms with E-state index in [0.29, 0.717) is 4.34 Å². The Labute approximate surface area is 134 Å². The third kappa shape index (κ3) is 8.98. The van der Waals surface area contributed by atoms with Crippen molar-refractivity contribution >= 4 is 44.9 Å². The molecular formula is C8H10ClN3O4S2W. The van der Waals surface area contributed by atoms with Gasteiger partial charge in [0.15, 0.2) is 6.03 Å². The van der Waals surface area contributed by atoms with Gasteiger partial charge in [0.05, 0.1) is 4.34 Å². The number of nitrogens with zero attached hydrogens (tertiary/aromatic N) is 1. The van der Waals surface area contributed by atoms with E-state index in [1.54, 1.807) is 0 Å². The third-order valence-corrected chi connectivity index (χ3v) is 4.41. The molecule has 0 aliphatic carbocycles. The topological polar surface area (TPSA) is 118 Å². The summed E-state index contributed by atoms with van der Waals surface area (Å²) in [5, 5.41) is 3.25. The van der Waals surface area contributed by atoms with E-state index in [0.717, 1.165) is 11.3 Å². The minimum absolute atomic E-state index is 0. The largest absolute Gasteiger partial charge is 2.00 e. The number of thiophene rings is 1. The summed E-state index contributed by atoms with van der Waals surface area (Å²) in [6.07, 6.45) is 0. The predicted molar refractivity (Wildman–Crippen MR) is 69.3 cm³/mol. The molecule has 0 bridgehead atoms. The Balaban J connectivity index is 0. The molecule has 1 rings (SSSR count). The van der Waals surface area contributed by atoms with Crippen LogP contribution in [0.15, 0.2) is 16.3 Å². The van der Waals surface area contributed by atoms with Gasteiger partial charge in [-0.25, -0.2) is 8.42 Å². The van der Waals surface area contributed by atoms with Crippen LogP contribution in [0.25, 0.3) is 11.1 Å². The molecular weight excluding hydrogens is 486 g/mol. The minimum atomic E-state index is -3.89. The van der Waals surface area contributed by atoms with Crippen LogP contribution >= 0.6 is 22.9 Å². The standard InChI is InChI=1S/C5H5ClN2O3S2.C3H7NO.W/c6-3-1-2-4(12-3)13(10,11)8-5(7)9;1-3(5)4-2;/h1-2H,(H3,7,8,9);1-2H3,(H,4,5);/q;;+2/p-2. The third-order valence-electron chi connectivity index (χ3n) is 1.36. The van der Waals surface area contributed by atoms with E-state index < -0.39 is 16.1 Å². The van der Waals surface area contributed by atoms with Gasteiger partial charge in [-0.2, -0.15) is 0 Å². The SMILES string of the molecule is C[N-]C(C)=O.[NH-]C(=O)NS(=O)(=O)c1ccc(Cl)s1.[W+2]. The fourth-order valence-electron chi connectivity index (χ4n) is 0.614. The van der Waals surface area contributed by atoms with E-state index in [9.17, 15) is 18.0 Å². The molecule has 7 nitrogen and oxygen atoms in total. The number of rotatable bonds is 2. The quantitative estimate of drug-likeness (QED) is 0.678. The van der Waals surface area contributed by atoms with Gasteiger partial charge in [0.25, 0.3) is 0 Å². The summed E-state index contributed by atoms with van der Waals surface area (Å²) >= 11 is 6.31. The minimum Gasteiger partial charge on any atom is -0.656 e. The summed E-state index contributed by atoms with van der Waals surface area (Å²) in [4.78, 5) is 19.8. The summed E-state index contributed by atoms with van der Waals surface area (Å²) in [6, 6.07) is 1.29. The normalized spacial score (nSPS) is 9.42. The molecule has 3 amide bonds. The number of urea groups is 1. The summed E-state index contributed by atoms with van der Waals surface area (Å²) in [7, 11) is -2.42. The monoisotopic (exact) mass is 495 g/mol. The second-order valence-electron chi connectivity index (χ2n) is 2.74. The van der Waals surface area contributed by atoms with Gasteiger partial charge in [0, 0.05) is 5.91 Å². The molecule has 106 valence electrons. The zero-order valence-electron chi connectivity index (χ0n) is 9.84. The fourth-order valence-corrected chi connectivity index (χ4v) is 2.95. The first kappa shape index (κ1) is 20.7. The maximum Gasteiger partial charge on any atom is 2.00 e. The van der Waals surface area contributed by atoms with Crippen LogP contribution in [0.4, 0.5) is 4.79 Å². The van der Waals surface area contributed by atoms with Crippen molar-refractivity contribution in [2.75, 3.05) is 7.05 Å². The van der Waals surface area contributed by atoms with E-state index in [-0.39, 0.29) is 31.2 Å². The van der Waals surface area contributed by atoms with E-state index in [1.807, 2.05) is 0 Å². The molecule has 0 aromatic carbocycles. The smallest absolute Gasteiger partial charge is 0.656 e. The van der Waals surface area contributed by atoms with Crippen molar-refractivity contribution in [2.45, 2.75) is 11.1 Å². The molecule has 0 saturated carbocycles. The maximum absolute atomic E-state index is 11.2. The first-order chi connectivity index (χ1) is 8.19. The van der Waals surface area contributed by atoms with Gasteiger partial charge in [-0.3, -0.25) is 4.79 Å². The van der Waals surface area contributed by atoms with Gasteiger partial charge in [-0.15, -0.1) is 18.4 Å². The first-order valence-electron chi connectivity index (χ1n) is 4.33. The summed E-state index contributed by atoms with van der Waals surface area (Å²) in [5.74, 6) is -0.120. The van der Waals surface area contributed by atoms with Crippen LogP contribution in [-0.2, 0) is 35.9 Å². The second kappa shape index (κ2) is 9.30. The Morgan fingerprint density at radius 2 is 1.89 bits per heavy atom. The predicted octanol–water partition coefficient (Wildman–Crippen LogP) is 2.39. The van der Waals surface area contributed by atoms with Crippen molar-refractivity contribution in [3.8, 4) is 0 Å². The number of hydrogen-bond donors (Lipinski definition) is 1. The van der Waals surface area contributed by atoms with Crippen molar-refractivity contribution in [2.24, 2.45) is 0 Å². The first-order valence-corrected chi connectivity index (χ1v) is 7.01. The average molecular weight is 496 g/mol. The number of carbonyl (C=O) groups excluding carboxylic acids is 2. The Kier molecular flexibility index (Phi) is 10.1. The maximum atomic E-state index is 11.2. The van der Waals surface area contributed by atoms with E-state index in [4.69, 9.17) is 17.3 Å². The van der Waals surface area contributed by atoms with E-state index in [2.05, 4.69) is 5.32 Å². The fraction of sp³-hybridized carbons (Fsp3) is 0.250. The Bertz CT molecular complexity index is 532. The molecule has 1 aromatic rings. The molecule has 0 fully saturated rings. The molecule has 0 saturated heterocycles. The van der Waals surface area contributed by atoms with Gasteiger partial charge in [-0.1, -0.05) is 11.6 Å².